The molecule has 2 N–H and O–H groups in total. The van der Waals surface area contributed by atoms with E-state index in [9.17, 15) is 13.5 Å². The lowest BCUT2D eigenvalue weighted by Gasteiger charge is -2.21. The van der Waals surface area contributed by atoms with E-state index in [1.165, 1.54) is 11.4 Å². The van der Waals surface area contributed by atoms with Crippen LogP contribution in [0.1, 0.15) is 19.4 Å². The monoisotopic (exact) mass is 300 g/mol. The summed E-state index contributed by atoms with van der Waals surface area (Å²) in [5.74, 6) is 0. The molecule has 1 unspecified atom stereocenters. The number of benzene rings is 1. The van der Waals surface area contributed by atoms with Crippen molar-refractivity contribution in [3.05, 3.63) is 29.8 Å². The first-order chi connectivity index (χ1) is 9.23. The van der Waals surface area contributed by atoms with Gasteiger partial charge in [0.15, 0.2) is 0 Å². The fraction of sp³-hybridized carbons (Fsp3) is 0.571. The summed E-state index contributed by atoms with van der Waals surface area (Å²) in [6.45, 7) is 6.28. The minimum Gasteiger partial charge on any atom is -0.390 e. The lowest BCUT2D eigenvalue weighted by molar-refractivity contribution is 0.148. The van der Waals surface area contributed by atoms with Crippen molar-refractivity contribution in [3.63, 3.8) is 0 Å². The SMILES string of the molecule is Cc1ccc(S(=O)(=O)N(C)CC(O)CNC(C)C)cc1. The Morgan fingerprint density at radius 3 is 2.30 bits per heavy atom. The Labute approximate surface area is 121 Å². The zero-order valence-corrected chi connectivity index (χ0v) is 13.3. The van der Waals surface area contributed by atoms with Gasteiger partial charge >= 0.3 is 0 Å². The molecule has 1 rings (SSSR count). The van der Waals surface area contributed by atoms with Crippen molar-refractivity contribution in [1.82, 2.24) is 9.62 Å². The van der Waals surface area contributed by atoms with E-state index in [-0.39, 0.29) is 17.5 Å². The zero-order valence-electron chi connectivity index (χ0n) is 12.5. The van der Waals surface area contributed by atoms with Crippen molar-refractivity contribution < 1.29 is 13.5 Å². The first-order valence-corrected chi connectivity index (χ1v) is 8.12. The molecule has 0 saturated carbocycles. The second-order valence-electron chi connectivity index (χ2n) is 5.32. The molecule has 1 aromatic carbocycles. The number of hydrogen-bond acceptors (Lipinski definition) is 4. The van der Waals surface area contributed by atoms with Crippen molar-refractivity contribution in [2.24, 2.45) is 0 Å². The normalized spacial score (nSPS) is 13.9. The minimum absolute atomic E-state index is 0.0654. The summed E-state index contributed by atoms with van der Waals surface area (Å²) in [5.41, 5.74) is 1.01. The van der Waals surface area contributed by atoms with Gasteiger partial charge in [0.05, 0.1) is 11.0 Å². The molecule has 0 saturated heterocycles. The molecule has 0 fully saturated rings. The molecule has 0 aliphatic heterocycles. The van der Waals surface area contributed by atoms with Crippen LogP contribution in [0.2, 0.25) is 0 Å². The van der Waals surface area contributed by atoms with Gasteiger partial charge in [0.2, 0.25) is 10.0 Å². The van der Waals surface area contributed by atoms with Gasteiger partial charge in [0.25, 0.3) is 0 Å². The predicted molar refractivity (Wildman–Crippen MR) is 80.1 cm³/mol. The average Bonchev–Trinajstić information content (AvgIpc) is 2.36. The highest BCUT2D eigenvalue weighted by atomic mass is 32.2. The molecule has 5 nitrogen and oxygen atoms in total. The molecular weight excluding hydrogens is 276 g/mol. The number of aryl methyl sites for hydroxylation is 1. The highest BCUT2D eigenvalue weighted by molar-refractivity contribution is 7.89. The van der Waals surface area contributed by atoms with Crippen molar-refractivity contribution in [3.8, 4) is 0 Å². The van der Waals surface area contributed by atoms with Crippen molar-refractivity contribution >= 4 is 10.0 Å². The molecule has 6 heteroatoms. The van der Waals surface area contributed by atoms with Gasteiger partial charge < -0.3 is 10.4 Å². The molecule has 20 heavy (non-hydrogen) atoms. The smallest absolute Gasteiger partial charge is 0.242 e. The molecular formula is C14H24N2O3S. The van der Waals surface area contributed by atoms with Gasteiger partial charge in [-0.1, -0.05) is 31.5 Å². The van der Waals surface area contributed by atoms with Crippen LogP contribution in [0, 0.1) is 6.92 Å². The lowest BCUT2D eigenvalue weighted by Crippen LogP contribution is -2.40. The van der Waals surface area contributed by atoms with E-state index in [1.54, 1.807) is 24.3 Å². The molecule has 0 amide bonds. The maximum Gasteiger partial charge on any atom is 0.242 e. The Kier molecular flexibility index (Phi) is 6.13. The van der Waals surface area contributed by atoms with Crippen LogP contribution in [-0.4, -0.2) is 50.1 Å². The second kappa shape index (κ2) is 7.17. The number of aliphatic hydroxyl groups excluding tert-OH is 1. The highest BCUT2D eigenvalue weighted by Gasteiger charge is 2.22. The van der Waals surface area contributed by atoms with E-state index in [2.05, 4.69) is 5.32 Å². The molecule has 0 heterocycles. The van der Waals surface area contributed by atoms with Crippen LogP contribution in [0.4, 0.5) is 0 Å². The Morgan fingerprint density at radius 2 is 1.80 bits per heavy atom. The topological polar surface area (TPSA) is 69.6 Å². The molecule has 0 aliphatic rings. The number of hydrogen-bond donors (Lipinski definition) is 2. The van der Waals surface area contributed by atoms with E-state index in [1.807, 2.05) is 20.8 Å². The van der Waals surface area contributed by atoms with Crippen LogP contribution >= 0.6 is 0 Å². The summed E-state index contributed by atoms with van der Waals surface area (Å²) in [6, 6.07) is 6.94. The Balaban J connectivity index is 2.70. The van der Waals surface area contributed by atoms with Gasteiger partial charge in [-0.3, -0.25) is 0 Å². The number of likely N-dealkylation sites (N-methyl/N-ethyl adjacent to an activating group) is 1. The molecule has 1 atom stereocenters. The van der Waals surface area contributed by atoms with Gasteiger partial charge in [-0.15, -0.1) is 0 Å². The van der Waals surface area contributed by atoms with Crippen LogP contribution in [0.5, 0.6) is 0 Å². The van der Waals surface area contributed by atoms with E-state index in [4.69, 9.17) is 0 Å². The van der Waals surface area contributed by atoms with Crippen LogP contribution < -0.4 is 5.32 Å². The van der Waals surface area contributed by atoms with Gasteiger partial charge in [-0.05, 0) is 19.1 Å². The van der Waals surface area contributed by atoms with E-state index in [0.29, 0.717) is 6.54 Å². The van der Waals surface area contributed by atoms with Gasteiger partial charge in [-0.2, -0.15) is 4.31 Å². The molecule has 0 radical (unpaired) electrons. The largest absolute Gasteiger partial charge is 0.390 e. The van der Waals surface area contributed by atoms with Crippen LogP contribution in [-0.2, 0) is 10.0 Å². The number of rotatable bonds is 7. The number of nitrogens with zero attached hydrogens (tertiary/aromatic N) is 1. The summed E-state index contributed by atoms with van der Waals surface area (Å²) in [4.78, 5) is 0.245. The van der Waals surface area contributed by atoms with E-state index in [0.717, 1.165) is 5.56 Å². The Bertz CT molecular complexity index is 512. The third-order valence-electron chi connectivity index (χ3n) is 2.96. The van der Waals surface area contributed by atoms with Crippen molar-refractivity contribution in [2.75, 3.05) is 20.1 Å². The fourth-order valence-electron chi connectivity index (χ4n) is 1.72. The summed E-state index contributed by atoms with van der Waals surface area (Å²) in [6.07, 6.45) is -0.734. The standard InChI is InChI=1S/C14H24N2O3S/c1-11(2)15-9-13(17)10-16(4)20(18,19)14-7-5-12(3)6-8-14/h5-8,11,13,15,17H,9-10H2,1-4H3. The fourth-order valence-corrected chi connectivity index (χ4v) is 2.93. The van der Waals surface area contributed by atoms with E-state index >= 15 is 0 Å². The van der Waals surface area contributed by atoms with E-state index < -0.39 is 16.1 Å². The third kappa shape index (κ3) is 4.86. The first kappa shape index (κ1) is 17.1. The first-order valence-electron chi connectivity index (χ1n) is 6.68. The lowest BCUT2D eigenvalue weighted by atomic mass is 10.2. The Morgan fingerprint density at radius 1 is 1.25 bits per heavy atom. The summed E-state index contributed by atoms with van der Waals surface area (Å²) >= 11 is 0. The predicted octanol–water partition coefficient (Wildman–Crippen LogP) is 0.974. The Hall–Kier alpha value is -0.950. The van der Waals surface area contributed by atoms with Crippen LogP contribution in [0.15, 0.2) is 29.2 Å². The van der Waals surface area contributed by atoms with Crippen molar-refractivity contribution in [2.45, 2.75) is 37.8 Å². The number of sulfonamides is 1. The van der Waals surface area contributed by atoms with Crippen LogP contribution in [0.25, 0.3) is 0 Å². The van der Waals surface area contributed by atoms with Gasteiger partial charge in [-0.25, -0.2) is 8.42 Å². The van der Waals surface area contributed by atoms with Gasteiger partial charge in [0.1, 0.15) is 0 Å². The minimum atomic E-state index is -3.54. The molecule has 114 valence electrons. The van der Waals surface area contributed by atoms with Crippen molar-refractivity contribution in [1.29, 1.82) is 0 Å². The summed E-state index contributed by atoms with van der Waals surface area (Å²) in [7, 11) is -2.06. The van der Waals surface area contributed by atoms with Gasteiger partial charge in [0, 0.05) is 26.2 Å². The quantitative estimate of drug-likeness (QED) is 0.787. The average molecular weight is 300 g/mol. The highest BCUT2D eigenvalue weighted by Crippen LogP contribution is 2.15. The molecule has 1 aromatic rings. The second-order valence-corrected chi connectivity index (χ2v) is 7.36. The molecule has 0 spiro atoms. The zero-order chi connectivity index (χ0) is 15.3. The summed E-state index contributed by atoms with van der Waals surface area (Å²) < 4.78 is 25.8. The number of aliphatic hydroxyl groups is 1. The van der Waals surface area contributed by atoms with Crippen LogP contribution in [0.3, 0.4) is 0 Å². The number of nitrogens with one attached hydrogen (secondary N) is 1. The molecule has 0 aromatic heterocycles. The third-order valence-corrected chi connectivity index (χ3v) is 4.80. The maximum absolute atomic E-state index is 12.3. The maximum atomic E-state index is 12.3. The molecule has 0 aliphatic carbocycles. The summed E-state index contributed by atoms with van der Waals surface area (Å²) in [5, 5.41) is 12.9. The molecule has 0 bridgehead atoms.